The maximum atomic E-state index is 13.3. The third-order valence-electron chi connectivity index (χ3n) is 4.69. The number of nitrogens with one attached hydrogen (secondary N) is 1. The first-order chi connectivity index (χ1) is 16.5. The van der Waals surface area contributed by atoms with Crippen LogP contribution >= 0.6 is 35.0 Å². The Morgan fingerprint density at radius 2 is 1.86 bits per heavy atom. The van der Waals surface area contributed by atoms with E-state index in [1.54, 1.807) is 24.3 Å². The van der Waals surface area contributed by atoms with Crippen molar-refractivity contribution in [1.82, 2.24) is 14.8 Å². The lowest BCUT2D eigenvalue weighted by Crippen LogP contribution is -2.19. The monoisotopic (exact) mass is 546 g/mol. The molecule has 0 saturated heterocycles. The molecule has 35 heavy (non-hydrogen) atoms. The average Bonchev–Trinajstić information content (AvgIpc) is 3.16. The van der Waals surface area contributed by atoms with E-state index in [0.29, 0.717) is 28.3 Å². The maximum absolute atomic E-state index is 13.3. The predicted molar refractivity (Wildman–Crippen MR) is 131 cm³/mol. The topological polar surface area (TPSA) is 69.0 Å². The normalized spacial score (nSPS) is 12.6. The number of hydrogen-bond donors (Lipinski definition) is 1. The molecule has 1 amide bonds. The lowest BCUT2D eigenvalue weighted by Gasteiger charge is -2.18. The van der Waals surface area contributed by atoms with Crippen LogP contribution in [0.2, 0.25) is 10.0 Å². The van der Waals surface area contributed by atoms with Crippen molar-refractivity contribution in [1.29, 1.82) is 0 Å². The van der Waals surface area contributed by atoms with Gasteiger partial charge < -0.3 is 14.6 Å². The van der Waals surface area contributed by atoms with Crippen LogP contribution in [0.1, 0.15) is 38.3 Å². The maximum Gasteiger partial charge on any atom is 0.418 e. The van der Waals surface area contributed by atoms with Gasteiger partial charge in [-0.2, -0.15) is 13.2 Å². The van der Waals surface area contributed by atoms with Crippen molar-refractivity contribution < 1.29 is 22.7 Å². The van der Waals surface area contributed by atoms with Gasteiger partial charge in [-0.25, -0.2) is 0 Å². The van der Waals surface area contributed by atoms with Gasteiger partial charge in [-0.05, 0) is 43.2 Å². The van der Waals surface area contributed by atoms with Crippen LogP contribution in [-0.2, 0) is 17.5 Å². The van der Waals surface area contributed by atoms with Crippen molar-refractivity contribution >= 4 is 46.6 Å². The summed E-state index contributed by atoms with van der Waals surface area (Å²) in [5.74, 6) is 0.477. The van der Waals surface area contributed by atoms with Gasteiger partial charge in [0.05, 0.1) is 22.0 Å². The molecule has 1 atom stereocenters. The summed E-state index contributed by atoms with van der Waals surface area (Å²) in [6, 6.07) is 10.2. The zero-order valence-electron chi connectivity index (χ0n) is 19.1. The summed E-state index contributed by atoms with van der Waals surface area (Å²) in [6.45, 7) is 6.40. The Morgan fingerprint density at radius 3 is 2.51 bits per heavy atom. The summed E-state index contributed by atoms with van der Waals surface area (Å²) in [5.41, 5.74) is -1.38. The first kappa shape index (κ1) is 27.2. The highest BCUT2D eigenvalue weighted by molar-refractivity contribution is 7.99. The summed E-state index contributed by atoms with van der Waals surface area (Å²) in [5, 5.41) is 11.6. The van der Waals surface area contributed by atoms with Gasteiger partial charge >= 0.3 is 6.18 Å². The molecule has 0 aliphatic carbocycles. The molecule has 0 spiro atoms. The Hall–Kier alpha value is -2.43. The number of anilines is 1. The van der Waals surface area contributed by atoms with Gasteiger partial charge in [-0.15, -0.1) is 10.2 Å². The SMILES string of the molecule is CC(C)Cn1c(SCC(=O)Nc2ccc(Cl)cc2C(F)(F)F)nnc1C(C)Oc1ccccc1Cl. The van der Waals surface area contributed by atoms with Crippen LogP contribution in [0.3, 0.4) is 0 Å². The number of aromatic nitrogens is 3. The molecule has 3 aromatic rings. The van der Waals surface area contributed by atoms with Crippen molar-refractivity contribution in [2.45, 2.75) is 44.8 Å². The number of benzene rings is 2. The minimum Gasteiger partial charge on any atom is -0.481 e. The molecule has 12 heteroatoms. The smallest absolute Gasteiger partial charge is 0.418 e. The minimum atomic E-state index is -4.66. The van der Waals surface area contributed by atoms with Crippen molar-refractivity contribution in [3.63, 3.8) is 0 Å². The van der Waals surface area contributed by atoms with E-state index in [1.165, 1.54) is 6.07 Å². The molecule has 0 saturated carbocycles. The van der Waals surface area contributed by atoms with Crippen LogP contribution in [0.4, 0.5) is 18.9 Å². The van der Waals surface area contributed by atoms with E-state index in [0.717, 1.165) is 23.9 Å². The number of carbonyl (C=O) groups is 1. The number of alkyl halides is 3. The highest BCUT2D eigenvalue weighted by Crippen LogP contribution is 2.36. The molecule has 1 aromatic heterocycles. The number of amides is 1. The first-order valence-electron chi connectivity index (χ1n) is 10.6. The third-order valence-corrected chi connectivity index (χ3v) is 6.20. The summed E-state index contributed by atoms with van der Waals surface area (Å²) in [4.78, 5) is 12.5. The van der Waals surface area contributed by atoms with Gasteiger partial charge in [0.25, 0.3) is 0 Å². The number of carbonyl (C=O) groups excluding carboxylic acids is 1. The highest BCUT2D eigenvalue weighted by Gasteiger charge is 2.34. The van der Waals surface area contributed by atoms with Gasteiger partial charge in [0.1, 0.15) is 5.75 Å². The summed E-state index contributed by atoms with van der Waals surface area (Å²) < 4.78 is 47.7. The van der Waals surface area contributed by atoms with Gasteiger partial charge in [-0.1, -0.05) is 60.9 Å². The fourth-order valence-electron chi connectivity index (χ4n) is 3.20. The zero-order valence-corrected chi connectivity index (χ0v) is 21.4. The van der Waals surface area contributed by atoms with Crippen LogP contribution in [0.5, 0.6) is 5.75 Å². The third kappa shape index (κ3) is 7.28. The molecule has 188 valence electrons. The largest absolute Gasteiger partial charge is 0.481 e. The molecule has 1 heterocycles. The van der Waals surface area contributed by atoms with Gasteiger partial charge in [0.2, 0.25) is 5.91 Å². The van der Waals surface area contributed by atoms with Gasteiger partial charge in [0, 0.05) is 11.6 Å². The second-order valence-corrected chi connectivity index (χ2v) is 9.85. The van der Waals surface area contributed by atoms with Crippen LogP contribution in [-0.4, -0.2) is 26.4 Å². The summed E-state index contributed by atoms with van der Waals surface area (Å²) in [7, 11) is 0. The van der Waals surface area contributed by atoms with Crippen molar-refractivity contribution in [3.05, 3.63) is 63.9 Å². The molecule has 0 aliphatic rings. The number of thioether (sulfide) groups is 1. The molecule has 3 rings (SSSR count). The fraction of sp³-hybridized carbons (Fsp3) is 0.348. The Bertz CT molecular complexity index is 1190. The van der Waals surface area contributed by atoms with Crippen molar-refractivity contribution in [2.75, 3.05) is 11.1 Å². The summed E-state index contributed by atoms with van der Waals surface area (Å²) >= 11 is 13.0. The highest BCUT2D eigenvalue weighted by atomic mass is 35.5. The molecule has 0 fully saturated rings. The van der Waals surface area contributed by atoms with Crippen LogP contribution in [0.25, 0.3) is 0 Å². The van der Waals surface area contributed by atoms with Crippen molar-refractivity contribution in [2.24, 2.45) is 5.92 Å². The number of nitrogens with zero attached hydrogens (tertiary/aromatic N) is 3. The van der Waals surface area contributed by atoms with Crippen LogP contribution in [0.15, 0.2) is 47.6 Å². The second-order valence-electron chi connectivity index (χ2n) is 8.06. The molecular weight excluding hydrogens is 524 g/mol. The Morgan fingerprint density at radius 1 is 1.14 bits per heavy atom. The molecule has 0 radical (unpaired) electrons. The lowest BCUT2D eigenvalue weighted by molar-refractivity contribution is -0.137. The molecule has 1 unspecified atom stereocenters. The number of para-hydroxylation sites is 1. The molecule has 0 bridgehead atoms. The molecule has 6 nitrogen and oxygen atoms in total. The Balaban J connectivity index is 1.74. The van der Waals surface area contributed by atoms with Gasteiger partial charge in [-0.3, -0.25) is 4.79 Å². The van der Waals surface area contributed by atoms with E-state index in [-0.39, 0.29) is 22.4 Å². The molecule has 0 aliphatic heterocycles. The predicted octanol–water partition coefficient (Wildman–Crippen LogP) is 7.13. The fourth-order valence-corrected chi connectivity index (χ4v) is 4.31. The standard InChI is InChI=1S/C23H23Cl2F3N4O2S/c1-13(2)11-32-21(14(3)34-19-7-5-4-6-17(19)25)30-31-22(32)35-12-20(33)29-18-9-8-15(24)10-16(18)23(26,27)28/h4-10,13-14H,11-12H2,1-3H3,(H,29,33). The average molecular weight is 547 g/mol. The molecular formula is C23H23Cl2F3N4O2S. The Labute approximate surface area is 215 Å². The van der Waals surface area contributed by atoms with E-state index < -0.39 is 23.8 Å². The van der Waals surface area contributed by atoms with E-state index in [4.69, 9.17) is 27.9 Å². The van der Waals surface area contributed by atoms with Crippen LogP contribution in [0, 0.1) is 5.92 Å². The molecule has 2 aromatic carbocycles. The number of rotatable bonds is 9. The van der Waals surface area contributed by atoms with E-state index in [1.807, 2.05) is 25.3 Å². The number of ether oxygens (including phenoxy) is 1. The van der Waals surface area contributed by atoms with Gasteiger partial charge in [0.15, 0.2) is 17.1 Å². The molecule has 1 N–H and O–H groups in total. The Kier molecular flexibility index (Phi) is 8.95. The number of halogens is 5. The minimum absolute atomic E-state index is 0.0767. The van der Waals surface area contributed by atoms with Crippen LogP contribution < -0.4 is 10.1 Å². The summed E-state index contributed by atoms with van der Waals surface area (Å²) in [6.07, 6.45) is -5.15. The second kappa shape index (κ2) is 11.5. The van der Waals surface area contributed by atoms with Crippen molar-refractivity contribution in [3.8, 4) is 5.75 Å². The van der Waals surface area contributed by atoms with E-state index >= 15 is 0 Å². The lowest BCUT2D eigenvalue weighted by atomic mass is 10.1. The van der Waals surface area contributed by atoms with E-state index in [2.05, 4.69) is 15.5 Å². The quantitative estimate of drug-likeness (QED) is 0.289. The first-order valence-corrected chi connectivity index (χ1v) is 12.3. The zero-order chi connectivity index (χ0) is 25.8. The number of hydrogen-bond acceptors (Lipinski definition) is 5. The van der Waals surface area contributed by atoms with E-state index in [9.17, 15) is 18.0 Å².